The Kier molecular flexibility index (Phi) is 4.39. The molecule has 2 aliphatic heterocycles. The van der Waals surface area contributed by atoms with Gasteiger partial charge in [-0.15, -0.1) is 0 Å². The fourth-order valence-corrected chi connectivity index (χ4v) is 3.87. The number of rotatable bonds is 5. The molecule has 144 valence electrons. The van der Waals surface area contributed by atoms with Gasteiger partial charge in [-0.25, -0.2) is 4.68 Å². The summed E-state index contributed by atoms with van der Waals surface area (Å²) in [5.74, 6) is 1.90. The molecule has 0 spiro atoms. The minimum atomic E-state index is -0.387. The Hall–Kier alpha value is -2.81. The molecule has 1 aromatic heterocycles. The first kappa shape index (κ1) is 17.6. The van der Waals surface area contributed by atoms with E-state index in [1.807, 2.05) is 18.2 Å². The van der Waals surface area contributed by atoms with E-state index in [1.54, 1.807) is 14.0 Å². The Balaban J connectivity index is 1.65. The van der Waals surface area contributed by atoms with Crippen molar-refractivity contribution in [1.82, 2.24) is 9.78 Å². The number of nitro groups is 1. The molecular weight excluding hydrogens is 352 g/mol. The van der Waals surface area contributed by atoms with Crippen LogP contribution in [0.4, 0.5) is 11.5 Å². The molecule has 9 heteroatoms. The molecule has 0 unspecified atom stereocenters. The van der Waals surface area contributed by atoms with Crippen molar-refractivity contribution in [3.8, 4) is 11.5 Å². The number of anilines is 1. The maximum Gasteiger partial charge on any atom is 0.333 e. The molecule has 0 atom stereocenters. The first-order valence-corrected chi connectivity index (χ1v) is 8.90. The molecule has 4 rings (SSSR count). The van der Waals surface area contributed by atoms with Crippen LogP contribution >= 0.6 is 0 Å². The molecule has 0 amide bonds. The van der Waals surface area contributed by atoms with Crippen molar-refractivity contribution in [2.75, 3.05) is 31.9 Å². The molecule has 1 saturated heterocycles. The van der Waals surface area contributed by atoms with Crippen LogP contribution in [0.5, 0.6) is 11.5 Å². The van der Waals surface area contributed by atoms with Crippen LogP contribution < -0.4 is 14.8 Å². The smallest absolute Gasteiger partial charge is 0.333 e. The maximum atomic E-state index is 11.4. The molecule has 0 saturated carbocycles. The second kappa shape index (κ2) is 6.73. The van der Waals surface area contributed by atoms with Gasteiger partial charge in [0, 0.05) is 32.2 Å². The lowest BCUT2D eigenvalue weighted by molar-refractivity contribution is -0.384. The monoisotopic (exact) mass is 374 g/mol. The first-order chi connectivity index (χ1) is 13.0. The van der Waals surface area contributed by atoms with Crippen molar-refractivity contribution < 1.29 is 19.1 Å². The molecule has 3 heterocycles. The zero-order valence-electron chi connectivity index (χ0n) is 15.4. The van der Waals surface area contributed by atoms with Crippen molar-refractivity contribution in [3.63, 3.8) is 0 Å². The largest absolute Gasteiger partial charge is 0.454 e. The molecule has 9 nitrogen and oxygen atoms in total. The summed E-state index contributed by atoms with van der Waals surface area (Å²) in [4.78, 5) is 11.1. The number of aromatic nitrogens is 2. The van der Waals surface area contributed by atoms with E-state index in [4.69, 9.17) is 14.2 Å². The van der Waals surface area contributed by atoms with E-state index in [2.05, 4.69) is 10.4 Å². The van der Waals surface area contributed by atoms with Crippen LogP contribution in [0.2, 0.25) is 0 Å². The summed E-state index contributed by atoms with van der Waals surface area (Å²) in [5, 5.41) is 18.9. The van der Waals surface area contributed by atoms with Gasteiger partial charge in [0.25, 0.3) is 0 Å². The molecular formula is C18H22N4O5. The van der Waals surface area contributed by atoms with Crippen molar-refractivity contribution >= 4 is 11.5 Å². The fourth-order valence-electron chi connectivity index (χ4n) is 3.87. The Morgan fingerprint density at radius 3 is 2.78 bits per heavy atom. The zero-order chi connectivity index (χ0) is 19.0. The summed E-state index contributed by atoms with van der Waals surface area (Å²) in [6.07, 6.45) is 1.62. The minimum Gasteiger partial charge on any atom is -0.454 e. The van der Waals surface area contributed by atoms with Gasteiger partial charge in [-0.05, 0) is 37.5 Å². The number of benzene rings is 1. The highest BCUT2D eigenvalue weighted by molar-refractivity contribution is 5.60. The average Bonchev–Trinajstić information content (AvgIpc) is 3.23. The van der Waals surface area contributed by atoms with Crippen LogP contribution in [0.15, 0.2) is 18.2 Å². The van der Waals surface area contributed by atoms with E-state index in [9.17, 15) is 10.1 Å². The Morgan fingerprint density at radius 1 is 1.30 bits per heavy atom. The van der Waals surface area contributed by atoms with E-state index >= 15 is 0 Å². The Labute approximate surface area is 156 Å². The molecule has 0 bridgehead atoms. The van der Waals surface area contributed by atoms with E-state index in [0.29, 0.717) is 31.3 Å². The summed E-state index contributed by atoms with van der Waals surface area (Å²) in [7, 11) is 1.71. The summed E-state index contributed by atoms with van der Waals surface area (Å²) in [6.45, 7) is 3.69. The van der Waals surface area contributed by atoms with Crippen LogP contribution in [0.1, 0.15) is 24.1 Å². The molecule has 1 aromatic carbocycles. The lowest BCUT2D eigenvalue weighted by Gasteiger charge is -2.38. The van der Waals surface area contributed by atoms with Gasteiger partial charge in [0.1, 0.15) is 5.69 Å². The third kappa shape index (κ3) is 3.08. The third-order valence-corrected chi connectivity index (χ3v) is 5.40. The highest BCUT2D eigenvalue weighted by Crippen LogP contribution is 2.41. The molecule has 2 aliphatic rings. The topological polar surface area (TPSA) is 101 Å². The second-order valence-electron chi connectivity index (χ2n) is 6.98. The molecule has 2 aromatic rings. The molecule has 0 radical (unpaired) electrons. The van der Waals surface area contributed by atoms with Crippen LogP contribution in [0.3, 0.4) is 0 Å². The Bertz CT molecular complexity index is 873. The lowest BCUT2D eigenvalue weighted by Crippen LogP contribution is -2.40. The fraction of sp³-hybridized carbons (Fsp3) is 0.500. The number of fused-ring (bicyclic) bond motifs is 1. The van der Waals surface area contributed by atoms with Crippen molar-refractivity contribution in [3.05, 3.63) is 39.6 Å². The van der Waals surface area contributed by atoms with Crippen LogP contribution in [-0.4, -0.2) is 41.3 Å². The SMILES string of the molecule is Cc1nn(C)c(NCC2(c3ccc4c(c3)OCO4)CCOCC2)c1[N+](=O)[O-]. The van der Waals surface area contributed by atoms with E-state index in [-0.39, 0.29) is 22.8 Å². The number of hydrogen-bond donors (Lipinski definition) is 1. The Morgan fingerprint density at radius 2 is 2.04 bits per heavy atom. The summed E-state index contributed by atoms with van der Waals surface area (Å²) in [6, 6.07) is 5.98. The highest BCUT2D eigenvalue weighted by Gasteiger charge is 2.37. The third-order valence-electron chi connectivity index (χ3n) is 5.40. The van der Waals surface area contributed by atoms with Gasteiger partial charge in [0.05, 0.1) is 4.92 Å². The van der Waals surface area contributed by atoms with Crippen LogP contribution in [0, 0.1) is 17.0 Å². The van der Waals surface area contributed by atoms with Gasteiger partial charge in [-0.2, -0.15) is 5.10 Å². The summed E-state index contributed by atoms with van der Waals surface area (Å²) >= 11 is 0. The first-order valence-electron chi connectivity index (χ1n) is 8.90. The summed E-state index contributed by atoms with van der Waals surface area (Å²) < 4.78 is 18.0. The summed E-state index contributed by atoms with van der Waals surface area (Å²) in [5.41, 5.74) is 1.31. The van der Waals surface area contributed by atoms with Gasteiger partial charge < -0.3 is 19.5 Å². The normalized spacial score (nSPS) is 17.7. The van der Waals surface area contributed by atoms with Gasteiger partial charge in [0.2, 0.25) is 12.6 Å². The van der Waals surface area contributed by atoms with Crippen LogP contribution in [-0.2, 0) is 17.2 Å². The van der Waals surface area contributed by atoms with Crippen molar-refractivity contribution in [2.24, 2.45) is 7.05 Å². The van der Waals surface area contributed by atoms with E-state index < -0.39 is 0 Å². The molecule has 1 fully saturated rings. The highest BCUT2D eigenvalue weighted by atomic mass is 16.7. The molecule has 0 aliphatic carbocycles. The van der Waals surface area contributed by atoms with E-state index in [0.717, 1.165) is 29.9 Å². The van der Waals surface area contributed by atoms with Crippen molar-refractivity contribution in [2.45, 2.75) is 25.2 Å². The van der Waals surface area contributed by atoms with E-state index in [1.165, 1.54) is 4.68 Å². The minimum absolute atomic E-state index is 0.0189. The predicted molar refractivity (Wildman–Crippen MR) is 97.4 cm³/mol. The van der Waals surface area contributed by atoms with Crippen LogP contribution in [0.25, 0.3) is 0 Å². The number of aryl methyl sites for hydroxylation is 2. The zero-order valence-corrected chi connectivity index (χ0v) is 15.4. The lowest BCUT2D eigenvalue weighted by atomic mass is 9.74. The van der Waals surface area contributed by atoms with Gasteiger partial charge in [-0.3, -0.25) is 10.1 Å². The number of nitrogens with zero attached hydrogens (tertiary/aromatic N) is 3. The second-order valence-corrected chi connectivity index (χ2v) is 6.98. The quantitative estimate of drug-likeness (QED) is 0.634. The van der Waals surface area contributed by atoms with Gasteiger partial charge >= 0.3 is 5.69 Å². The van der Waals surface area contributed by atoms with Crippen molar-refractivity contribution in [1.29, 1.82) is 0 Å². The van der Waals surface area contributed by atoms with Gasteiger partial charge in [-0.1, -0.05) is 6.07 Å². The number of nitrogens with one attached hydrogen (secondary N) is 1. The average molecular weight is 374 g/mol. The molecule has 27 heavy (non-hydrogen) atoms. The van der Waals surface area contributed by atoms with Gasteiger partial charge in [0.15, 0.2) is 11.5 Å². The number of hydrogen-bond acceptors (Lipinski definition) is 7. The predicted octanol–water partition coefficient (Wildman–Crippen LogP) is 2.53. The molecule has 1 N–H and O–H groups in total. The number of ether oxygens (including phenoxy) is 3. The maximum absolute atomic E-state index is 11.4. The standard InChI is InChI=1S/C18H22N4O5/c1-12-16(22(23)24)17(21(2)20-12)19-10-18(5-7-25-8-6-18)13-3-4-14-15(9-13)27-11-26-14/h3-4,9,19H,5-8,10-11H2,1-2H3.